The molecule has 0 bridgehead atoms. The van der Waals surface area contributed by atoms with E-state index in [0.717, 1.165) is 5.52 Å². The molecule has 0 aliphatic rings. The van der Waals surface area contributed by atoms with E-state index in [9.17, 15) is 0 Å². The van der Waals surface area contributed by atoms with Crippen LogP contribution in [0.3, 0.4) is 0 Å². The van der Waals surface area contributed by atoms with Gasteiger partial charge in [-0.1, -0.05) is 0 Å². The predicted octanol–water partition coefficient (Wildman–Crippen LogP) is 2.09. The molecule has 0 fully saturated rings. The van der Waals surface area contributed by atoms with Crippen LogP contribution in [0.5, 0.6) is 0 Å². The number of hydrogen-bond donors (Lipinski definition) is 0. The summed E-state index contributed by atoms with van der Waals surface area (Å²) in [5.41, 5.74) is 1.47. The number of hydrogen-bond acceptors (Lipinski definition) is 2. The zero-order valence-corrected chi connectivity index (χ0v) is 6.84. The summed E-state index contributed by atoms with van der Waals surface area (Å²) in [6.45, 7) is 0. The zero-order valence-electron chi connectivity index (χ0n) is 5.33. The highest BCUT2D eigenvalue weighted by Crippen LogP contribution is 2.18. The van der Waals surface area contributed by atoms with E-state index in [2.05, 4.69) is 9.97 Å². The molecule has 0 spiro atoms. The Hall–Kier alpha value is -0.800. The van der Waals surface area contributed by atoms with Crippen molar-refractivity contribution in [3.8, 4) is 0 Å². The Morgan fingerprint density at radius 3 is 3.00 bits per heavy atom. The van der Waals surface area contributed by atoms with Gasteiger partial charge in [0.15, 0.2) is 0 Å². The van der Waals surface area contributed by atoms with Crippen molar-refractivity contribution in [3.63, 3.8) is 0 Å². The van der Waals surface area contributed by atoms with Gasteiger partial charge in [-0.25, -0.2) is 9.07 Å². The molecule has 0 saturated carbocycles. The van der Waals surface area contributed by atoms with E-state index in [0.29, 0.717) is 5.52 Å². The number of pyridine rings is 1. The molecule has 2 heterocycles. The third-order valence-corrected chi connectivity index (χ3v) is 2.05. The van der Waals surface area contributed by atoms with Crippen LogP contribution in [0.15, 0.2) is 18.5 Å². The van der Waals surface area contributed by atoms with Crippen molar-refractivity contribution in [1.82, 2.24) is 14.1 Å². The Labute approximate surface area is 72.7 Å². The van der Waals surface area contributed by atoms with E-state index >= 15 is 0 Å². The summed E-state index contributed by atoms with van der Waals surface area (Å²) < 4.78 is 1.29. The van der Waals surface area contributed by atoms with Crippen molar-refractivity contribution >= 4 is 34.4 Å². The molecule has 0 aliphatic carbocycles. The first-order chi connectivity index (χ1) is 5.29. The van der Waals surface area contributed by atoms with Crippen LogP contribution >= 0.6 is 23.4 Å². The SMILES string of the molecule is Clc1nc2cnccc2n1Cl. The molecule has 3 nitrogen and oxygen atoms in total. The second-order valence-corrected chi connectivity index (χ2v) is 2.70. The van der Waals surface area contributed by atoms with Gasteiger partial charge in [0.2, 0.25) is 5.28 Å². The normalized spacial score (nSPS) is 10.7. The van der Waals surface area contributed by atoms with Gasteiger partial charge in [-0.2, -0.15) is 0 Å². The lowest BCUT2D eigenvalue weighted by Gasteiger charge is -1.88. The van der Waals surface area contributed by atoms with Gasteiger partial charge in [0.25, 0.3) is 0 Å². The maximum Gasteiger partial charge on any atom is 0.218 e. The molecule has 2 aromatic rings. The molecule has 0 radical (unpaired) electrons. The van der Waals surface area contributed by atoms with E-state index in [-0.39, 0.29) is 5.28 Å². The summed E-state index contributed by atoms with van der Waals surface area (Å²) in [6.07, 6.45) is 3.25. The Balaban J connectivity index is 2.92. The first-order valence-electron chi connectivity index (χ1n) is 2.93. The topological polar surface area (TPSA) is 30.7 Å². The number of aromatic nitrogens is 3. The maximum atomic E-state index is 5.74. The van der Waals surface area contributed by atoms with Crippen molar-refractivity contribution in [2.45, 2.75) is 0 Å². The Morgan fingerprint density at radius 1 is 1.45 bits per heavy atom. The van der Waals surface area contributed by atoms with Crippen LogP contribution in [-0.4, -0.2) is 14.1 Å². The molecule has 0 saturated heterocycles. The summed E-state index contributed by atoms with van der Waals surface area (Å²) >= 11 is 11.4. The van der Waals surface area contributed by atoms with Gasteiger partial charge < -0.3 is 0 Å². The summed E-state index contributed by atoms with van der Waals surface area (Å²) in [4.78, 5) is 7.82. The summed E-state index contributed by atoms with van der Waals surface area (Å²) in [6, 6.07) is 1.75. The molecule has 2 aromatic heterocycles. The monoisotopic (exact) mass is 187 g/mol. The molecule has 0 unspecified atom stereocenters. The number of imidazole rings is 1. The molecule has 0 atom stereocenters. The minimum absolute atomic E-state index is 0.259. The van der Waals surface area contributed by atoms with Gasteiger partial charge in [0, 0.05) is 18.0 Å². The first-order valence-corrected chi connectivity index (χ1v) is 3.65. The minimum atomic E-state index is 0.259. The largest absolute Gasteiger partial charge is 0.262 e. The minimum Gasteiger partial charge on any atom is -0.262 e. The van der Waals surface area contributed by atoms with Crippen molar-refractivity contribution in [3.05, 3.63) is 23.7 Å². The molecule has 0 aliphatic heterocycles. The van der Waals surface area contributed by atoms with Crippen LogP contribution in [0.25, 0.3) is 11.0 Å². The van der Waals surface area contributed by atoms with Gasteiger partial charge in [-0.15, -0.1) is 0 Å². The van der Waals surface area contributed by atoms with Gasteiger partial charge in [-0.05, 0) is 17.7 Å². The first kappa shape index (κ1) is 6.88. The second-order valence-electron chi connectivity index (χ2n) is 2.03. The Bertz CT molecular complexity index is 396. The number of rotatable bonds is 0. The molecule has 11 heavy (non-hydrogen) atoms. The summed E-state index contributed by atoms with van der Waals surface area (Å²) in [7, 11) is 0. The maximum absolute atomic E-state index is 5.74. The summed E-state index contributed by atoms with van der Waals surface area (Å²) in [5.74, 6) is 0. The van der Waals surface area contributed by atoms with Crippen LogP contribution in [0, 0.1) is 0 Å². The van der Waals surface area contributed by atoms with Crippen molar-refractivity contribution < 1.29 is 0 Å². The predicted molar refractivity (Wildman–Crippen MR) is 43.8 cm³/mol. The van der Waals surface area contributed by atoms with Crippen molar-refractivity contribution in [2.75, 3.05) is 0 Å². The third-order valence-electron chi connectivity index (χ3n) is 1.36. The van der Waals surface area contributed by atoms with E-state index < -0.39 is 0 Å². The number of nitrogens with zero attached hydrogens (tertiary/aromatic N) is 3. The van der Waals surface area contributed by atoms with Gasteiger partial charge >= 0.3 is 0 Å². The van der Waals surface area contributed by atoms with Crippen molar-refractivity contribution in [2.24, 2.45) is 0 Å². The smallest absolute Gasteiger partial charge is 0.218 e. The fourth-order valence-electron chi connectivity index (χ4n) is 0.874. The van der Waals surface area contributed by atoms with E-state index in [1.54, 1.807) is 18.5 Å². The van der Waals surface area contributed by atoms with Gasteiger partial charge in [-0.3, -0.25) is 4.98 Å². The Kier molecular flexibility index (Phi) is 1.47. The molecular weight excluding hydrogens is 185 g/mol. The van der Waals surface area contributed by atoms with E-state index in [1.165, 1.54) is 4.09 Å². The lowest BCUT2D eigenvalue weighted by molar-refractivity contribution is 1.25. The van der Waals surface area contributed by atoms with Crippen LogP contribution in [0.4, 0.5) is 0 Å². The van der Waals surface area contributed by atoms with E-state index in [4.69, 9.17) is 23.4 Å². The third kappa shape index (κ3) is 0.968. The standard InChI is InChI=1S/C6H3Cl2N3/c7-6-10-4-3-9-2-1-5(4)11(6)8/h1-3H. The fourth-order valence-corrected chi connectivity index (χ4v) is 1.24. The molecule has 2 rings (SSSR count). The average Bonchev–Trinajstić information content (AvgIpc) is 2.30. The summed E-state index contributed by atoms with van der Waals surface area (Å²) in [5, 5.41) is 0.259. The molecule has 56 valence electrons. The van der Waals surface area contributed by atoms with Crippen LogP contribution in [0.1, 0.15) is 0 Å². The molecule has 0 N–H and O–H groups in total. The lowest BCUT2D eigenvalue weighted by Crippen LogP contribution is -1.77. The fraction of sp³-hybridized carbons (Fsp3) is 0. The van der Waals surface area contributed by atoms with Crippen LogP contribution in [0.2, 0.25) is 5.28 Å². The quantitative estimate of drug-likeness (QED) is 0.633. The van der Waals surface area contributed by atoms with E-state index in [1.807, 2.05) is 0 Å². The highest BCUT2D eigenvalue weighted by atomic mass is 35.5. The second kappa shape index (κ2) is 2.36. The average molecular weight is 188 g/mol. The van der Waals surface area contributed by atoms with Gasteiger partial charge in [0.1, 0.15) is 5.52 Å². The van der Waals surface area contributed by atoms with Gasteiger partial charge in [0.05, 0.1) is 11.7 Å². The number of halogens is 2. The van der Waals surface area contributed by atoms with Crippen molar-refractivity contribution in [1.29, 1.82) is 0 Å². The zero-order chi connectivity index (χ0) is 7.84. The Morgan fingerprint density at radius 2 is 2.27 bits per heavy atom. The number of fused-ring (bicyclic) bond motifs is 1. The molecule has 0 amide bonds. The molecule has 0 aromatic carbocycles. The highest BCUT2D eigenvalue weighted by molar-refractivity contribution is 6.33. The lowest BCUT2D eigenvalue weighted by atomic mass is 10.4. The molecule has 5 heteroatoms. The molecular formula is C6H3Cl2N3. The van der Waals surface area contributed by atoms with Crippen LogP contribution in [-0.2, 0) is 0 Å². The highest BCUT2D eigenvalue weighted by Gasteiger charge is 2.04. The van der Waals surface area contributed by atoms with Crippen LogP contribution < -0.4 is 0 Å².